The predicted molar refractivity (Wildman–Crippen MR) is 165 cm³/mol. The third-order valence-corrected chi connectivity index (χ3v) is 8.15. The topological polar surface area (TPSA) is 158 Å². The van der Waals surface area contributed by atoms with Gasteiger partial charge < -0.3 is 24.6 Å². The van der Waals surface area contributed by atoms with Gasteiger partial charge in [0.2, 0.25) is 5.91 Å². The number of amides is 2. The molecule has 234 valence electrons. The average Bonchev–Trinajstić information content (AvgIpc) is 3.57. The number of nitrogens with zero attached hydrogens (tertiary/aromatic N) is 5. The van der Waals surface area contributed by atoms with E-state index in [-0.39, 0.29) is 17.7 Å². The number of nitrogens with one attached hydrogen (secondary N) is 1. The van der Waals surface area contributed by atoms with Crippen LogP contribution in [0.2, 0.25) is 0 Å². The van der Waals surface area contributed by atoms with Gasteiger partial charge in [0.1, 0.15) is 17.0 Å². The summed E-state index contributed by atoms with van der Waals surface area (Å²) >= 11 is 0. The Morgan fingerprint density at radius 3 is 2.47 bits per heavy atom. The zero-order chi connectivity index (χ0) is 32.4. The van der Waals surface area contributed by atoms with Crippen LogP contribution < -0.4 is 19.7 Å². The molecule has 1 saturated carbocycles. The molecule has 2 amide bonds. The standard InChI is InChI=1S/C32H34N6O7/c1-16(2)22-14-23(27(44-7)35-34-22)33-26-19-10-8-17(12-25(19)38(36-26)30(42)45-31(3,4)5)21-15-32(21)20-13-18(43-6)9-11-24(20)37(28(32)39)29(40)41/h8-14,16,21H,15H2,1-7H3,(H,40,41)(H,33,34,36)/t21-,32-/m0/s1. The number of carboxylic acid groups (broad SMARTS) is 1. The van der Waals surface area contributed by atoms with Crippen molar-refractivity contribution in [2.24, 2.45) is 0 Å². The number of carbonyl (C=O) groups is 3. The van der Waals surface area contributed by atoms with Gasteiger partial charge in [-0.1, -0.05) is 19.9 Å². The normalized spacial score (nSPS) is 18.8. The molecule has 13 nitrogen and oxygen atoms in total. The summed E-state index contributed by atoms with van der Waals surface area (Å²) in [5.74, 6) is 0.389. The summed E-state index contributed by atoms with van der Waals surface area (Å²) in [6.07, 6.45) is -1.63. The Kier molecular flexibility index (Phi) is 6.94. The average molecular weight is 615 g/mol. The minimum absolute atomic E-state index is 0.105. The van der Waals surface area contributed by atoms with Gasteiger partial charge in [-0.3, -0.25) is 4.79 Å². The Morgan fingerprint density at radius 1 is 1.07 bits per heavy atom. The number of aromatic nitrogens is 4. The Hall–Kier alpha value is -5.20. The molecule has 2 aromatic carbocycles. The van der Waals surface area contributed by atoms with Crippen molar-refractivity contribution in [1.29, 1.82) is 0 Å². The summed E-state index contributed by atoms with van der Waals surface area (Å²) in [4.78, 5) is 40.1. The minimum Gasteiger partial charge on any atom is -0.497 e. The summed E-state index contributed by atoms with van der Waals surface area (Å²) in [7, 11) is 3.01. The molecule has 0 unspecified atom stereocenters. The van der Waals surface area contributed by atoms with E-state index in [9.17, 15) is 19.5 Å². The Balaban J connectivity index is 1.45. The summed E-state index contributed by atoms with van der Waals surface area (Å²) < 4.78 is 17.7. The Bertz CT molecular complexity index is 1880. The van der Waals surface area contributed by atoms with Crippen LogP contribution in [0.3, 0.4) is 0 Å². The number of hydrogen-bond acceptors (Lipinski definition) is 10. The Labute approximate surface area is 259 Å². The molecular weight excluding hydrogens is 580 g/mol. The lowest BCUT2D eigenvalue weighted by Crippen LogP contribution is -2.36. The van der Waals surface area contributed by atoms with Gasteiger partial charge in [-0.15, -0.1) is 10.2 Å². The quantitative estimate of drug-likeness (QED) is 0.265. The monoisotopic (exact) mass is 614 g/mol. The molecule has 0 saturated heterocycles. The summed E-state index contributed by atoms with van der Waals surface area (Å²) in [6.45, 7) is 9.29. The number of carbonyl (C=O) groups excluding carboxylic acids is 2. The van der Waals surface area contributed by atoms with Crippen LogP contribution in [-0.4, -0.2) is 63.0 Å². The van der Waals surface area contributed by atoms with Crippen molar-refractivity contribution in [3.63, 3.8) is 0 Å². The lowest BCUT2D eigenvalue weighted by molar-refractivity contribution is -0.119. The largest absolute Gasteiger partial charge is 0.497 e. The maximum Gasteiger partial charge on any atom is 0.435 e. The Morgan fingerprint density at radius 2 is 1.82 bits per heavy atom. The molecule has 2 aliphatic rings. The third kappa shape index (κ3) is 4.88. The van der Waals surface area contributed by atoms with Gasteiger partial charge in [-0.25, -0.2) is 14.5 Å². The molecule has 6 rings (SSSR count). The van der Waals surface area contributed by atoms with Crippen molar-refractivity contribution in [3.8, 4) is 11.6 Å². The van der Waals surface area contributed by atoms with E-state index in [1.807, 2.05) is 32.0 Å². The van der Waals surface area contributed by atoms with Crippen LogP contribution in [-0.2, 0) is 14.9 Å². The van der Waals surface area contributed by atoms with Crippen LogP contribution in [0.25, 0.3) is 10.9 Å². The number of anilines is 3. The van der Waals surface area contributed by atoms with Crippen LogP contribution in [0, 0.1) is 0 Å². The highest BCUT2D eigenvalue weighted by molar-refractivity contribution is 6.22. The van der Waals surface area contributed by atoms with Gasteiger partial charge in [0, 0.05) is 11.3 Å². The summed E-state index contributed by atoms with van der Waals surface area (Å²) in [5.41, 5.74) is 1.52. The first kappa shape index (κ1) is 29.9. The zero-order valence-corrected chi connectivity index (χ0v) is 26.0. The lowest BCUT2D eigenvalue weighted by atomic mass is 9.91. The van der Waals surface area contributed by atoms with Crippen LogP contribution in [0.4, 0.5) is 26.8 Å². The molecular formula is C32H34N6O7. The van der Waals surface area contributed by atoms with Crippen molar-refractivity contribution in [2.45, 2.75) is 63.9 Å². The van der Waals surface area contributed by atoms with Crippen LogP contribution in [0.5, 0.6) is 11.6 Å². The molecule has 1 fully saturated rings. The molecule has 2 N–H and O–H groups in total. The molecule has 1 aliphatic heterocycles. The van der Waals surface area contributed by atoms with Crippen molar-refractivity contribution in [3.05, 3.63) is 59.3 Å². The van der Waals surface area contributed by atoms with E-state index in [1.165, 1.54) is 18.9 Å². The van der Waals surface area contributed by atoms with Crippen LogP contribution in [0.15, 0.2) is 42.5 Å². The summed E-state index contributed by atoms with van der Waals surface area (Å²) in [5, 5.41) is 26.8. The predicted octanol–water partition coefficient (Wildman–Crippen LogP) is 5.94. The fraction of sp³-hybridized carbons (Fsp3) is 0.375. The number of methoxy groups -OCH3 is 2. The van der Waals surface area contributed by atoms with Crippen molar-refractivity contribution in [2.75, 3.05) is 24.4 Å². The molecule has 45 heavy (non-hydrogen) atoms. The lowest BCUT2D eigenvalue weighted by Gasteiger charge is -2.19. The number of ether oxygens (including phenoxy) is 3. The molecule has 13 heteroatoms. The number of hydrogen-bond donors (Lipinski definition) is 2. The minimum atomic E-state index is -1.34. The summed E-state index contributed by atoms with van der Waals surface area (Å²) in [6, 6.07) is 12.3. The van der Waals surface area contributed by atoms with Gasteiger partial charge in [0.15, 0.2) is 5.82 Å². The molecule has 4 aromatic rings. The maximum absolute atomic E-state index is 13.7. The van der Waals surface area contributed by atoms with E-state index < -0.39 is 29.1 Å². The second kappa shape index (κ2) is 10.5. The molecule has 1 aliphatic carbocycles. The van der Waals surface area contributed by atoms with Crippen LogP contribution in [0.1, 0.15) is 69.7 Å². The maximum atomic E-state index is 13.7. The molecule has 0 radical (unpaired) electrons. The highest BCUT2D eigenvalue weighted by Crippen LogP contribution is 2.67. The van der Waals surface area contributed by atoms with Crippen LogP contribution >= 0.6 is 0 Å². The first-order valence-electron chi connectivity index (χ1n) is 14.5. The van der Waals surface area contributed by atoms with Gasteiger partial charge in [-0.2, -0.15) is 9.78 Å². The number of benzene rings is 2. The number of rotatable bonds is 6. The van der Waals surface area contributed by atoms with E-state index in [0.717, 1.165) is 16.2 Å². The fourth-order valence-electron chi connectivity index (χ4n) is 5.94. The molecule has 2 atom stereocenters. The van der Waals surface area contributed by atoms with E-state index >= 15 is 0 Å². The van der Waals surface area contributed by atoms with Gasteiger partial charge in [0.25, 0.3) is 5.88 Å². The molecule has 0 bridgehead atoms. The fourth-order valence-corrected chi connectivity index (χ4v) is 5.94. The molecule has 1 spiro atoms. The second-order valence-electron chi connectivity index (χ2n) is 12.5. The zero-order valence-electron chi connectivity index (χ0n) is 26.0. The number of imide groups is 1. The highest BCUT2D eigenvalue weighted by Gasteiger charge is 2.68. The van der Waals surface area contributed by atoms with Crippen molar-refractivity contribution in [1.82, 2.24) is 20.0 Å². The van der Waals surface area contributed by atoms with Crippen molar-refractivity contribution >= 4 is 46.2 Å². The van der Waals surface area contributed by atoms with Gasteiger partial charge >= 0.3 is 12.2 Å². The SMILES string of the molecule is COc1ccc2c(c1)[C@]1(C[C@H]1c1ccc3c(Nc4cc(C(C)C)nnc4OC)nn(C(=O)OC(C)(C)C)c3c1)C(=O)N2C(=O)O. The van der Waals surface area contributed by atoms with Gasteiger partial charge in [-0.05, 0) is 80.6 Å². The second-order valence-corrected chi connectivity index (χ2v) is 12.5. The number of fused-ring (bicyclic) bond motifs is 3. The van der Waals surface area contributed by atoms with E-state index in [4.69, 9.17) is 14.2 Å². The smallest absolute Gasteiger partial charge is 0.435 e. The first-order chi connectivity index (χ1) is 21.3. The van der Waals surface area contributed by atoms with E-state index in [0.29, 0.717) is 45.8 Å². The van der Waals surface area contributed by atoms with Gasteiger partial charge in [0.05, 0.1) is 36.5 Å². The first-order valence-corrected chi connectivity index (χ1v) is 14.5. The molecule has 3 heterocycles. The van der Waals surface area contributed by atoms with E-state index in [1.54, 1.807) is 45.0 Å². The third-order valence-electron chi connectivity index (χ3n) is 8.15. The van der Waals surface area contributed by atoms with E-state index in [2.05, 4.69) is 20.6 Å². The highest BCUT2D eigenvalue weighted by atomic mass is 16.6. The molecule has 2 aromatic heterocycles. The van der Waals surface area contributed by atoms with Crippen molar-refractivity contribution < 1.29 is 33.7 Å².